The Kier molecular flexibility index (Phi) is 6.31. The summed E-state index contributed by atoms with van der Waals surface area (Å²) in [6.45, 7) is 4.29. The van der Waals surface area contributed by atoms with E-state index in [0.29, 0.717) is 40.0 Å². The molecule has 0 aliphatic rings. The molecule has 10 heteroatoms. The number of hydrogen-bond donors (Lipinski definition) is 2. The van der Waals surface area contributed by atoms with E-state index in [9.17, 15) is 14.0 Å². The Morgan fingerprint density at radius 2 is 1.94 bits per heavy atom. The number of fused-ring (bicyclic) bond motifs is 1. The molecule has 0 spiro atoms. The summed E-state index contributed by atoms with van der Waals surface area (Å²) in [5.41, 5.74) is 0.421. The first-order chi connectivity index (χ1) is 15.5. The topological polar surface area (TPSA) is 106 Å². The van der Waals surface area contributed by atoms with Crippen LogP contribution in [0.3, 0.4) is 0 Å². The highest BCUT2D eigenvalue weighted by molar-refractivity contribution is 7.98. The van der Waals surface area contributed by atoms with E-state index >= 15 is 0 Å². The first-order valence-corrected chi connectivity index (χ1v) is 11.1. The second kappa shape index (κ2) is 9.31. The molecule has 164 valence electrons. The maximum Gasteiger partial charge on any atom is 0.258 e. The number of halogens is 1. The minimum Gasteiger partial charge on any atom is -0.342 e. The van der Waals surface area contributed by atoms with Gasteiger partial charge in [0.1, 0.15) is 11.6 Å². The fraction of sp³-hybridized carbons (Fsp3) is 0.227. The number of thioether (sulfide) groups is 1. The van der Waals surface area contributed by atoms with Crippen molar-refractivity contribution in [2.45, 2.75) is 37.3 Å². The fourth-order valence-electron chi connectivity index (χ4n) is 3.34. The highest BCUT2D eigenvalue weighted by Gasteiger charge is 2.21. The van der Waals surface area contributed by atoms with Crippen molar-refractivity contribution in [3.05, 3.63) is 81.9 Å². The average molecular weight is 453 g/mol. The van der Waals surface area contributed by atoms with E-state index in [-0.39, 0.29) is 11.1 Å². The molecule has 2 aromatic carbocycles. The van der Waals surface area contributed by atoms with Gasteiger partial charge >= 0.3 is 0 Å². The van der Waals surface area contributed by atoms with Crippen molar-refractivity contribution in [2.75, 3.05) is 0 Å². The number of amides is 1. The van der Waals surface area contributed by atoms with Gasteiger partial charge in [-0.1, -0.05) is 36.0 Å². The lowest BCUT2D eigenvalue weighted by atomic mass is 10.2. The average Bonchev–Trinajstić information content (AvgIpc) is 3.21. The van der Waals surface area contributed by atoms with Crippen molar-refractivity contribution in [1.82, 2.24) is 30.0 Å². The Balaban J connectivity index is 1.50. The molecular formula is C22H21FN6O2S. The Bertz CT molecular complexity index is 1340. The molecule has 0 aliphatic heterocycles. The van der Waals surface area contributed by atoms with E-state index in [1.54, 1.807) is 31.2 Å². The zero-order valence-electron chi connectivity index (χ0n) is 17.5. The summed E-state index contributed by atoms with van der Waals surface area (Å²) in [6.07, 6.45) is 0. The summed E-state index contributed by atoms with van der Waals surface area (Å²) in [5, 5.41) is 12.4. The van der Waals surface area contributed by atoms with Gasteiger partial charge in [0, 0.05) is 6.54 Å². The van der Waals surface area contributed by atoms with E-state index in [4.69, 9.17) is 0 Å². The lowest BCUT2D eigenvalue weighted by molar-refractivity contribution is 0.0933. The van der Waals surface area contributed by atoms with Gasteiger partial charge < -0.3 is 14.9 Å². The number of carbonyl (C=O) groups is 1. The quantitative estimate of drug-likeness (QED) is 0.416. The van der Waals surface area contributed by atoms with Crippen molar-refractivity contribution in [2.24, 2.45) is 0 Å². The molecule has 0 fully saturated rings. The minimum absolute atomic E-state index is 0.0251. The predicted molar refractivity (Wildman–Crippen MR) is 120 cm³/mol. The summed E-state index contributed by atoms with van der Waals surface area (Å²) in [4.78, 5) is 32.0. The van der Waals surface area contributed by atoms with Gasteiger partial charge in [0.05, 0.1) is 28.3 Å². The largest absolute Gasteiger partial charge is 0.342 e. The van der Waals surface area contributed by atoms with Gasteiger partial charge in [-0.15, -0.1) is 10.2 Å². The fourth-order valence-corrected chi connectivity index (χ4v) is 4.22. The Morgan fingerprint density at radius 1 is 1.19 bits per heavy atom. The maximum atomic E-state index is 13.9. The van der Waals surface area contributed by atoms with Crippen molar-refractivity contribution in [3.63, 3.8) is 0 Å². The zero-order valence-corrected chi connectivity index (χ0v) is 18.3. The Hall–Kier alpha value is -3.53. The van der Waals surface area contributed by atoms with Crippen LogP contribution >= 0.6 is 11.8 Å². The van der Waals surface area contributed by atoms with Crippen LogP contribution in [-0.2, 0) is 12.3 Å². The second-order valence-electron chi connectivity index (χ2n) is 7.08. The van der Waals surface area contributed by atoms with Gasteiger partial charge in [-0.25, -0.2) is 9.37 Å². The molecule has 1 atom stereocenters. The molecule has 4 aromatic rings. The first-order valence-electron chi connectivity index (χ1n) is 10.1. The molecule has 0 bridgehead atoms. The van der Waals surface area contributed by atoms with Gasteiger partial charge in [-0.3, -0.25) is 9.59 Å². The van der Waals surface area contributed by atoms with Crippen LogP contribution in [0.2, 0.25) is 0 Å². The third-order valence-corrected chi connectivity index (χ3v) is 5.89. The van der Waals surface area contributed by atoms with Gasteiger partial charge in [-0.2, -0.15) is 0 Å². The number of hydrogen-bond acceptors (Lipinski definition) is 6. The molecule has 8 nitrogen and oxygen atoms in total. The molecule has 0 radical (unpaired) electrons. The number of H-pyrrole nitrogens is 1. The molecule has 2 N–H and O–H groups in total. The molecule has 32 heavy (non-hydrogen) atoms. The van der Waals surface area contributed by atoms with Crippen LogP contribution in [-0.4, -0.2) is 30.6 Å². The number of aromatic nitrogens is 5. The first kappa shape index (κ1) is 21.7. The SMILES string of the molecule is CCn1c(SCc2nc3ccccc3c(=O)[nH]2)nnc1[C@H](C)NC(=O)c1ccccc1F. The van der Waals surface area contributed by atoms with Crippen molar-refractivity contribution in [1.29, 1.82) is 0 Å². The van der Waals surface area contributed by atoms with Crippen molar-refractivity contribution in [3.8, 4) is 0 Å². The van der Waals surface area contributed by atoms with E-state index in [1.807, 2.05) is 17.6 Å². The molecule has 4 rings (SSSR count). The van der Waals surface area contributed by atoms with E-state index in [0.717, 1.165) is 0 Å². The van der Waals surface area contributed by atoms with Gasteiger partial charge in [0.2, 0.25) is 0 Å². The van der Waals surface area contributed by atoms with Crippen LogP contribution in [0.4, 0.5) is 4.39 Å². The smallest absolute Gasteiger partial charge is 0.258 e. The number of rotatable bonds is 7. The zero-order chi connectivity index (χ0) is 22.7. The molecule has 2 heterocycles. The molecule has 0 saturated heterocycles. The summed E-state index contributed by atoms with van der Waals surface area (Å²) < 4.78 is 15.8. The van der Waals surface area contributed by atoms with E-state index in [1.165, 1.54) is 30.0 Å². The number of nitrogens with one attached hydrogen (secondary N) is 2. The van der Waals surface area contributed by atoms with Crippen molar-refractivity contribution >= 4 is 28.6 Å². The lowest BCUT2D eigenvalue weighted by Gasteiger charge is -2.15. The molecule has 0 unspecified atom stereocenters. The molecular weight excluding hydrogens is 431 g/mol. The number of benzene rings is 2. The van der Waals surface area contributed by atoms with E-state index < -0.39 is 17.8 Å². The summed E-state index contributed by atoms with van der Waals surface area (Å²) in [5.74, 6) is 0.385. The highest BCUT2D eigenvalue weighted by Crippen LogP contribution is 2.23. The van der Waals surface area contributed by atoms with Gasteiger partial charge in [0.25, 0.3) is 11.5 Å². The molecule has 2 aromatic heterocycles. The normalized spacial score (nSPS) is 12.1. The van der Waals surface area contributed by atoms with E-state index in [2.05, 4.69) is 25.5 Å². The highest BCUT2D eigenvalue weighted by atomic mass is 32.2. The van der Waals surface area contributed by atoms with Crippen LogP contribution in [0.25, 0.3) is 10.9 Å². The standard InChI is InChI=1S/C22H21FN6O2S/c1-3-29-19(13(2)24-20(30)14-8-4-6-10-16(14)23)27-28-22(29)32-12-18-25-17-11-7-5-9-15(17)21(31)26-18/h4-11,13H,3,12H2,1-2H3,(H,24,30)(H,25,26,31)/t13-/m0/s1. The van der Waals surface area contributed by atoms with Crippen molar-refractivity contribution < 1.29 is 9.18 Å². The molecule has 0 saturated carbocycles. The van der Waals surface area contributed by atoms with Crippen LogP contribution in [0.5, 0.6) is 0 Å². The summed E-state index contributed by atoms with van der Waals surface area (Å²) in [6, 6.07) is 12.5. The van der Waals surface area contributed by atoms with Crippen LogP contribution in [0.15, 0.2) is 58.5 Å². The summed E-state index contributed by atoms with van der Waals surface area (Å²) >= 11 is 1.38. The Morgan fingerprint density at radius 3 is 2.72 bits per heavy atom. The third-order valence-electron chi connectivity index (χ3n) is 4.91. The molecule has 1 amide bonds. The number of aromatic amines is 1. The molecule has 0 aliphatic carbocycles. The van der Waals surface area contributed by atoms with Gasteiger partial charge in [-0.05, 0) is 38.1 Å². The number of para-hydroxylation sites is 1. The predicted octanol–water partition coefficient (Wildman–Crippen LogP) is 3.46. The lowest BCUT2D eigenvalue weighted by Crippen LogP contribution is -2.29. The maximum absolute atomic E-state index is 13.9. The van der Waals surface area contributed by atoms with Crippen LogP contribution in [0, 0.1) is 5.82 Å². The van der Waals surface area contributed by atoms with Crippen LogP contribution in [0.1, 0.15) is 41.9 Å². The number of nitrogens with zero attached hydrogens (tertiary/aromatic N) is 4. The minimum atomic E-state index is -0.581. The van der Waals surface area contributed by atoms with Crippen LogP contribution < -0.4 is 10.9 Å². The number of carbonyl (C=O) groups excluding carboxylic acids is 1. The third kappa shape index (κ3) is 4.40. The Labute approximate surface area is 187 Å². The summed E-state index contributed by atoms with van der Waals surface area (Å²) in [7, 11) is 0. The monoisotopic (exact) mass is 452 g/mol. The van der Waals surface area contributed by atoms with Gasteiger partial charge in [0.15, 0.2) is 11.0 Å². The second-order valence-corrected chi connectivity index (χ2v) is 8.02.